The first-order valence-electron chi connectivity index (χ1n) is 13.8. The zero-order valence-corrected chi connectivity index (χ0v) is 27.1. The summed E-state index contributed by atoms with van der Waals surface area (Å²) in [5.74, 6) is -0.298. The van der Waals surface area contributed by atoms with Crippen LogP contribution in [0, 0.1) is 5.82 Å². The summed E-state index contributed by atoms with van der Waals surface area (Å²) in [7, 11) is 1.51. The minimum Gasteiger partial charge on any atom is -0.481 e. The number of fused-ring (bicyclic) bond motifs is 1. The maximum absolute atomic E-state index is 13.9. The molecule has 3 aromatic carbocycles. The molecular weight excluding hydrogens is 607 g/mol. The lowest BCUT2D eigenvalue weighted by Crippen LogP contribution is -2.38. The lowest BCUT2D eigenvalue weighted by Gasteiger charge is -2.22. The molecule has 0 spiro atoms. The van der Waals surface area contributed by atoms with E-state index < -0.39 is 17.9 Å². The molecule has 0 saturated carbocycles. The minimum atomic E-state index is -0.821. The molecule has 1 amide bonds. The Morgan fingerprint density at radius 1 is 0.956 bits per heavy atom. The fraction of sp³-hybridized carbons (Fsp3) is 0.303. The molecule has 0 fully saturated rings. The number of ether oxygens (including phenoxy) is 2. The summed E-state index contributed by atoms with van der Waals surface area (Å²) >= 11 is 5.94. The number of amides is 1. The van der Waals surface area contributed by atoms with E-state index in [2.05, 4.69) is 4.98 Å². The molecule has 1 aromatic heterocycles. The Bertz CT molecular complexity index is 1540. The smallest absolute Gasteiger partial charge is 0.400 e. The van der Waals surface area contributed by atoms with E-state index in [4.69, 9.17) is 30.6 Å². The molecule has 1 atom stereocenters. The van der Waals surface area contributed by atoms with Crippen LogP contribution in [0.3, 0.4) is 0 Å². The predicted octanol–water partition coefficient (Wildman–Crippen LogP) is 7.90. The van der Waals surface area contributed by atoms with Crippen molar-refractivity contribution in [3.63, 3.8) is 0 Å². The highest BCUT2D eigenvalue weighted by Crippen LogP contribution is 2.28. The van der Waals surface area contributed by atoms with Gasteiger partial charge in [0.2, 0.25) is 0 Å². The number of carbonyl (C=O) groups excluding carboxylic acids is 3. The van der Waals surface area contributed by atoms with Crippen molar-refractivity contribution >= 4 is 51.8 Å². The summed E-state index contributed by atoms with van der Waals surface area (Å²) in [5, 5.41) is 8.46. The van der Waals surface area contributed by atoms with Crippen LogP contribution in [0.15, 0.2) is 71.1 Å². The van der Waals surface area contributed by atoms with Crippen LogP contribution in [0.4, 0.5) is 10.1 Å². The van der Waals surface area contributed by atoms with Gasteiger partial charge in [-0.1, -0.05) is 30.7 Å². The Labute approximate surface area is 266 Å². The van der Waals surface area contributed by atoms with Crippen molar-refractivity contribution in [3.05, 3.63) is 77.6 Å². The largest absolute Gasteiger partial charge is 0.481 e. The molecule has 1 heterocycles. The van der Waals surface area contributed by atoms with Crippen molar-refractivity contribution in [2.24, 2.45) is 0 Å². The van der Waals surface area contributed by atoms with Crippen LogP contribution in [0.5, 0.6) is 17.6 Å². The number of nitrogens with zero attached hydrogens (tertiary/aromatic N) is 2. The van der Waals surface area contributed by atoms with Gasteiger partial charge in [0.1, 0.15) is 34.4 Å². The number of hydrogen-bond acceptors (Lipinski definition) is 8. The predicted molar refractivity (Wildman–Crippen MR) is 171 cm³/mol. The highest BCUT2D eigenvalue weighted by atomic mass is 35.5. The van der Waals surface area contributed by atoms with Crippen LogP contribution in [0.25, 0.3) is 11.1 Å². The topological polar surface area (TPSA) is 136 Å². The number of likely N-dealkylation sites (N-methyl/N-ethyl adjacent to an activating group) is 1. The van der Waals surface area contributed by atoms with Crippen LogP contribution in [-0.2, 0) is 19.2 Å². The maximum Gasteiger partial charge on any atom is 0.400 e. The van der Waals surface area contributed by atoms with E-state index in [1.165, 1.54) is 51.8 Å². The summed E-state index contributed by atoms with van der Waals surface area (Å²) in [6.07, 6.45) is 0.286. The molecule has 12 heteroatoms. The number of aromatic nitrogens is 1. The number of halogens is 2. The molecule has 4 rings (SSSR count). The number of carboxylic acids is 1. The standard InChI is InChI=1S/C23H18ClFN2O4.C4H8O2.2C3H6O/c1-14(22(28)27(2)20-6-4-3-5-18(20)25)29-16-8-10-17(11-9-16)30-23-26-19-12-7-15(24)13-21(19)31-23;1-2-3-4(5)6;2*1-3(2)4/h3-14H,1-2H3;2-3H2,1H3,(H,5,6);2*1-2H3/t14-;;;/m1.../s1. The van der Waals surface area contributed by atoms with Gasteiger partial charge in [0.15, 0.2) is 11.7 Å². The molecule has 0 aliphatic carbocycles. The third-order valence-corrected chi connectivity index (χ3v) is 5.26. The van der Waals surface area contributed by atoms with E-state index in [9.17, 15) is 23.6 Å². The Balaban J connectivity index is 0.000000608. The molecule has 10 nitrogen and oxygen atoms in total. The maximum atomic E-state index is 13.9. The highest BCUT2D eigenvalue weighted by Gasteiger charge is 2.22. The highest BCUT2D eigenvalue weighted by molar-refractivity contribution is 6.31. The van der Waals surface area contributed by atoms with E-state index >= 15 is 0 Å². The SMILES string of the molecule is CC(C)=O.CC(C)=O.CCCC(=O)O.C[C@@H](Oc1ccc(Oc2nc3ccc(Cl)cc3o2)cc1)C(=O)N(C)c1ccccc1F. The van der Waals surface area contributed by atoms with Gasteiger partial charge in [-0.2, -0.15) is 4.98 Å². The van der Waals surface area contributed by atoms with Gasteiger partial charge in [0, 0.05) is 24.6 Å². The van der Waals surface area contributed by atoms with Crippen molar-refractivity contribution in [2.45, 2.75) is 60.5 Å². The molecule has 0 bridgehead atoms. The molecule has 0 radical (unpaired) electrons. The fourth-order valence-corrected chi connectivity index (χ4v) is 3.35. The normalized spacial score (nSPS) is 10.4. The lowest BCUT2D eigenvalue weighted by molar-refractivity contribution is -0.137. The second-order valence-corrected chi connectivity index (χ2v) is 10.2. The number of aliphatic carboxylic acids is 1. The number of hydrogen-bond donors (Lipinski definition) is 1. The number of para-hydroxylation sites is 1. The molecule has 1 N–H and O–H groups in total. The second-order valence-electron chi connectivity index (χ2n) is 9.73. The van der Waals surface area contributed by atoms with E-state index in [0.29, 0.717) is 34.0 Å². The number of anilines is 1. The quantitative estimate of drug-likeness (QED) is 0.203. The van der Waals surface area contributed by atoms with Gasteiger partial charge >= 0.3 is 12.0 Å². The van der Waals surface area contributed by atoms with E-state index in [1.54, 1.807) is 61.5 Å². The number of Topliss-reactive ketones (excluding diaryl/α,β-unsaturated/α-hetero) is 2. The average molecular weight is 645 g/mol. The minimum absolute atomic E-state index is 0.0843. The first kappa shape index (κ1) is 38.3. The van der Waals surface area contributed by atoms with Crippen molar-refractivity contribution in [1.29, 1.82) is 0 Å². The van der Waals surface area contributed by atoms with Crippen LogP contribution in [-0.4, -0.2) is 46.7 Å². The van der Waals surface area contributed by atoms with Crippen LogP contribution in [0.2, 0.25) is 5.02 Å². The molecular formula is C33H38ClFN2O8. The van der Waals surface area contributed by atoms with Gasteiger partial charge in [-0.25, -0.2) is 4.39 Å². The molecule has 4 aromatic rings. The lowest BCUT2D eigenvalue weighted by atomic mass is 10.2. The number of ketones is 2. The number of oxazole rings is 1. The number of carboxylic acid groups (broad SMARTS) is 1. The van der Waals surface area contributed by atoms with E-state index in [-0.39, 0.29) is 29.2 Å². The van der Waals surface area contributed by atoms with Gasteiger partial charge in [-0.15, -0.1) is 0 Å². The molecule has 0 saturated heterocycles. The molecule has 0 aliphatic rings. The fourth-order valence-electron chi connectivity index (χ4n) is 3.19. The summed E-state index contributed by atoms with van der Waals surface area (Å²) in [6.45, 7) is 9.56. The van der Waals surface area contributed by atoms with Crippen molar-refractivity contribution < 1.29 is 42.6 Å². The number of benzene rings is 3. The molecule has 45 heavy (non-hydrogen) atoms. The number of rotatable bonds is 8. The zero-order chi connectivity index (χ0) is 34.1. The molecule has 0 aliphatic heterocycles. The van der Waals surface area contributed by atoms with Crippen LogP contribution < -0.4 is 14.4 Å². The van der Waals surface area contributed by atoms with Gasteiger partial charge in [0.05, 0.1) is 5.69 Å². The monoisotopic (exact) mass is 644 g/mol. The van der Waals surface area contributed by atoms with Crippen LogP contribution in [0.1, 0.15) is 54.4 Å². The van der Waals surface area contributed by atoms with Crippen molar-refractivity contribution in [3.8, 4) is 17.6 Å². The summed E-state index contributed by atoms with van der Waals surface area (Å²) in [4.78, 5) is 46.6. The van der Waals surface area contributed by atoms with Crippen molar-refractivity contribution in [1.82, 2.24) is 4.98 Å². The third kappa shape index (κ3) is 15.0. The summed E-state index contributed by atoms with van der Waals surface area (Å²) < 4.78 is 30.8. The second kappa shape index (κ2) is 19.5. The molecule has 242 valence electrons. The van der Waals surface area contributed by atoms with E-state index in [1.807, 2.05) is 6.92 Å². The van der Waals surface area contributed by atoms with Gasteiger partial charge in [-0.05, 0) is 89.6 Å². The van der Waals surface area contributed by atoms with Gasteiger partial charge < -0.3 is 33.5 Å². The Hall–Kier alpha value is -4.77. The first-order chi connectivity index (χ1) is 21.1. The number of carbonyl (C=O) groups is 4. The first-order valence-corrected chi connectivity index (χ1v) is 14.2. The van der Waals surface area contributed by atoms with Gasteiger partial charge in [0.25, 0.3) is 5.91 Å². The van der Waals surface area contributed by atoms with Gasteiger partial charge in [-0.3, -0.25) is 9.59 Å². The Morgan fingerprint density at radius 3 is 2.02 bits per heavy atom. The van der Waals surface area contributed by atoms with E-state index in [0.717, 1.165) is 6.42 Å². The Morgan fingerprint density at radius 2 is 1.51 bits per heavy atom. The Kier molecular flexibility index (Phi) is 16.6. The summed E-state index contributed by atoms with van der Waals surface area (Å²) in [6, 6.07) is 17.8. The average Bonchev–Trinajstić information content (AvgIpc) is 3.34. The molecule has 0 unspecified atom stereocenters. The third-order valence-electron chi connectivity index (χ3n) is 5.03. The van der Waals surface area contributed by atoms with Crippen molar-refractivity contribution in [2.75, 3.05) is 11.9 Å². The zero-order valence-electron chi connectivity index (χ0n) is 26.3. The van der Waals surface area contributed by atoms with Crippen LogP contribution >= 0.6 is 11.6 Å². The summed E-state index contributed by atoms with van der Waals surface area (Å²) in [5.41, 5.74) is 1.34.